The Morgan fingerprint density at radius 2 is 1.45 bits per heavy atom. The molecule has 5 rings (SSSR count). The van der Waals surface area contributed by atoms with Crippen LogP contribution in [-0.2, 0) is 26.1 Å². The molecule has 7 heteroatoms. The average Bonchev–Trinajstić information content (AvgIpc) is 3.28. The Hall–Kier alpha value is -3.71. The van der Waals surface area contributed by atoms with Gasteiger partial charge < -0.3 is 5.32 Å². The minimum absolute atomic E-state index is 0.120. The van der Waals surface area contributed by atoms with Gasteiger partial charge in [0.05, 0.1) is 28.8 Å². The molecule has 0 aliphatic carbocycles. The Morgan fingerprint density at radius 3 is 2.06 bits per heavy atom. The van der Waals surface area contributed by atoms with E-state index in [1.165, 1.54) is 0 Å². The third-order valence-corrected chi connectivity index (χ3v) is 7.34. The number of carbonyl (C=O) groups excluding carboxylic acids is 1. The number of fused-ring (bicyclic) bond motifs is 1. The van der Waals surface area contributed by atoms with Crippen molar-refractivity contribution in [2.45, 2.75) is 24.3 Å². The van der Waals surface area contributed by atoms with Crippen molar-refractivity contribution in [3.8, 4) is 5.69 Å². The van der Waals surface area contributed by atoms with E-state index in [1.54, 1.807) is 4.68 Å². The van der Waals surface area contributed by atoms with E-state index in [1.807, 2.05) is 91.9 Å². The summed E-state index contributed by atoms with van der Waals surface area (Å²) < 4.78 is 26.3. The topological polar surface area (TPSA) is 81.1 Å². The van der Waals surface area contributed by atoms with Crippen molar-refractivity contribution < 1.29 is 13.2 Å². The van der Waals surface area contributed by atoms with Crippen LogP contribution in [0, 0.1) is 6.92 Å². The number of nitrogens with one attached hydrogen (secondary N) is 1. The first-order valence-corrected chi connectivity index (χ1v) is 12.5. The number of hydrogen-bond acceptors (Lipinski definition) is 4. The SMILES string of the molecule is Cc1ccccc1-n1nc2c(c1NC(=O)C(c1ccccc1)c1ccccc1)CS(=O)(=O)C2. The van der Waals surface area contributed by atoms with E-state index in [-0.39, 0.29) is 17.4 Å². The van der Waals surface area contributed by atoms with Crippen LogP contribution in [0.1, 0.15) is 33.9 Å². The summed E-state index contributed by atoms with van der Waals surface area (Å²) in [5.74, 6) is -0.631. The zero-order valence-corrected chi connectivity index (χ0v) is 18.9. The van der Waals surface area contributed by atoms with Crippen molar-refractivity contribution in [1.82, 2.24) is 9.78 Å². The number of rotatable bonds is 5. The first kappa shape index (κ1) is 21.2. The predicted octanol–water partition coefficient (Wildman–Crippen LogP) is 4.38. The maximum atomic E-state index is 13.7. The molecule has 0 fully saturated rings. The molecule has 166 valence electrons. The number of aromatic nitrogens is 2. The van der Waals surface area contributed by atoms with Gasteiger partial charge in [-0.25, -0.2) is 13.1 Å². The molecule has 1 aliphatic heterocycles. The number of carbonyl (C=O) groups is 1. The van der Waals surface area contributed by atoms with Crippen molar-refractivity contribution in [2.24, 2.45) is 0 Å². The Morgan fingerprint density at radius 1 is 0.879 bits per heavy atom. The van der Waals surface area contributed by atoms with Crippen LogP contribution in [0.25, 0.3) is 5.69 Å². The summed E-state index contributed by atoms with van der Waals surface area (Å²) in [7, 11) is -3.28. The smallest absolute Gasteiger partial charge is 0.237 e. The number of para-hydroxylation sites is 1. The lowest BCUT2D eigenvalue weighted by atomic mass is 9.90. The summed E-state index contributed by atoms with van der Waals surface area (Å²) in [5.41, 5.74) is 4.53. The second-order valence-electron chi connectivity index (χ2n) is 8.25. The first-order chi connectivity index (χ1) is 15.9. The molecule has 0 unspecified atom stereocenters. The van der Waals surface area contributed by atoms with Gasteiger partial charge in [-0.2, -0.15) is 5.10 Å². The van der Waals surface area contributed by atoms with Crippen molar-refractivity contribution in [1.29, 1.82) is 0 Å². The summed E-state index contributed by atoms with van der Waals surface area (Å²) in [5, 5.41) is 7.65. The maximum absolute atomic E-state index is 13.7. The van der Waals surface area contributed by atoms with E-state index in [2.05, 4.69) is 10.4 Å². The summed E-state index contributed by atoms with van der Waals surface area (Å²) in [6.07, 6.45) is 0. The molecule has 0 atom stereocenters. The summed E-state index contributed by atoms with van der Waals surface area (Å²) >= 11 is 0. The Kier molecular flexibility index (Phi) is 5.34. The molecule has 6 nitrogen and oxygen atoms in total. The zero-order valence-electron chi connectivity index (χ0n) is 18.1. The second-order valence-corrected chi connectivity index (χ2v) is 10.3. The molecule has 0 bridgehead atoms. The van der Waals surface area contributed by atoms with Gasteiger partial charge in [-0.3, -0.25) is 4.79 Å². The van der Waals surface area contributed by atoms with Crippen LogP contribution >= 0.6 is 0 Å². The number of sulfone groups is 1. The summed E-state index contributed by atoms with van der Waals surface area (Å²) in [4.78, 5) is 13.7. The molecule has 0 saturated heterocycles. The van der Waals surface area contributed by atoms with Crippen molar-refractivity contribution in [3.63, 3.8) is 0 Å². The van der Waals surface area contributed by atoms with Crippen molar-refractivity contribution in [2.75, 3.05) is 5.32 Å². The molecule has 0 spiro atoms. The zero-order chi connectivity index (χ0) is 23.0. The van der Waals surface area contributed by atoms with Gasteiger partial charge in [0.2, 0.25) is 5.91 Å². The number of nitrogens with zero attached hydrogens (tertiary/aromatic N) is 2. The lowest BCUT2D eigenvalue weighted by Gasteiger charge is -2.19. The van der Waals surface area contributed by atoms with E-state index in [9.17, 15) is 13.2 Å². The van der Waals surface area contributed by atoms with Crippen LogP contribution in [0.3, 0.4) is 0 Å². The molecule has 1 N–H and O–H groups in total. The number of benzene rings is 3. The highest BCUT2D eigenvalue weighted by Gasteiger charge is 2.34. The van der Waals surface area contributed by atoms with Gasteiger partial charge in [0.15, 0.2) is 9.84 Å². The standard InChI is InChI=1S/C26H23N3O3S/c1-18-10-8-9-15-23(18)29-25(21-16-33(31,32)17-22(21)28-29)27-26(30)24(19-11-4-2-5-12-19)20-13-6-3-7-14-20/h2-15,24H,16-17H2,1H3,(H,27,30). The van der Waals surface area contributed by atoms with Crippen LogP contribution in [0.5, 0.6) is 0 Å². The third kappa shape index (κ3) is 4.07. The van der Waals surface area contributed by atoms with E-state index in [0.29, 0.717) is 17.1 Å². The first-order valence-electron chi connectivity index (χ1n) is 10.7. The molecule has 1 amide bonds. The van der Waals surface area contributed by atoms with Gasteiger partial charge in [0, 0.05) is 5.56 Å². The van der Waals surface area contributed by atoms with Crippen LogP contribution in [0.2, 0.25) is 0 Å². The Labute approximate surface area is 192 Å². The highest BCUT2D eigenvalue weighted by Crippen LogP contribution is 2.35. The lowest BCUT2D eigenvalue weighted by molar-refractivity contribution is -0.116. The minimum atomic E-state index is -3.28. The van der Waals surface area contributed by atoms with Crippen LogP contribution in [0.4, 0.5) is 5.82 Å². The highest BCUT2D eigenvalue weighted by atomic mass is 32.2. The fourth-order valence-electron chi connectivity index (χ4n) is 4.32. The molecule has 0 saturated carbocycles. The molecular weight excluding hydrogens is 434 g/mol. The van der Waals surface area contributed by atoms with Gasteiger partial charge in [-0.05, 0) is 29.7 Å². The van der Waals surface area contributed by atoms with Crippen LogP contribution in [-0.4, -0.2) is 24.1 Å². The van der Waals surface area contributed by atoms with E-state index in [0.717, 1.165) is 22.4 Å². The molecule has 1 aromatic heterocycles. The molecule has 3 aromatic carbocycles. The van der Waals surface area contributed by atoms with Gasteiger partial charge in [0.1, 0.15) is 5.82 Å². The third-order valence-electron chi connectivity index (χ3n) is 5.90. The monoisotopic (exact) mass is 457 g/mol. The quantitative estimate of drug-likeness (QED) is 0.482. The molecule has 1 aliphatic rings. The van der Waals surface area contributed by atoms with E-state index in [4.69, 9.17) is 0 Å². The fourth-order valence-corrected chi connectivity index (χ4v) is 5.82. The molecule has 2 heterocycles. The largest absolute Gasteiger partial charge is 0.309 e. The van der Waals surface area contributed by atoms with Gasteiger partial charge in [-0.1, -0.05) is 78.9 Å². The minimum Gasteiger partial charge on any atom is -0.309 e. The summed E-state index contributed by atoms with van der Waals surface area (Å²) in [6.45, 7) is 1.96. The Balaban J connectivity index is 1.61. The maximum Gasteiger partial charge on any atom is 0.237 e. The van der Waals surface area contributed by atoms with E-state index >= 15 is 0 Å². The van der Waals surface area contributed by atoms with Gasteiger partial charge in [-0.15, -0.1) is 0 Å². The number of aryl methyl sites for hydroxylation is 1. The fraction of sp³-hybridized carbons (Fsp3) is 0.154. The van der Waals surface area contributed by atoms with Crippen molar-refractivity contribution >= 4 is 21.6 Å². The highest BCUT2D eigenvalue weighted by molar-refractivity contribution is 7.90. The molecule has 4 aromatic rings. The Bertz CT molecular complexity index is 1390. The lowest BCUT2D eigenvalue weighted by Crippen LogP contribution is -2.24. The predicted molar refractivity (Wildman–Crippen MR) is 128 cm³/mol. The van der Waals surface area contributed by atoms with Crippen LogP contribution < -0.4 is 5.32 Å². The van der Waals surface area contributed by atoms with Gasteiger partial charge >= 0.3 is 0 Å². The normalized spacial score (nSPS) is 14.2. The van der Waals surface area contributed by atoms with Gasteiger partial charge in [0.25, 0.3) is 0 Å². The molecular formula is C26H23N3O3S. The number of amides is 1. The summed E-state index contributed by atoms with van der Waals surface area (Å²) in [6, 6.07) is 26.8. The second kappa shape index (κ2) is 8.33. The number of anilines is 1. The average molecular weight is 458 g/mol. The molecule has 33 heavy (non-hydrogen) atoms. The van der Waals surface area contributed by atoms with Crippen molar-refractivity contribution in [3.05, 3.63) is 113 Å². The van der Waals surface area contributed by atoms with Crippen LogP contribution in [0.15, 0.2) is 84.9 Å². The van der Waals surface area contributed by atoms with E-state index < -0.39 is 15.8 Å². The number of hydrogen-bond donors (Lipinski definition) is 1. The molecule has 0 radical (unpaired) electrons.